The Labute approximate surface area is 126 Å². The van der Waals surface area contributed by atoms with Crippen LogP contribution in [0, 0.1) is 20.8 Å². The molecule has 0 N–H and O–H groups in total. The number of hydrogen-bond acceptors (Lipinski definition) is 2. The van der Waals surface area contributed by atoms with Crippen LogP contribution in [-0.4, -0.2) is 19.6 Å². The third-order valence-electron chi connectivity index (χ3n) is 3.42. The van der Waals surface area contributed by atoms with E-state index >= 15 is 0 Å². The Hall–Kier alpha value is -0.810. The third kappa shape index (κ3) is 2.58. The van der Waals surface area contributed by atoms with Crippen molar-refractivity contribution in [3.05, 3.63) is 32.8 Å². The molecule has 0 saturated carbocycles. The molecule has 4 nitrogen and oxygen atoms in total. The largest absolute Gasteiger partial charge is 0.267 e. The van der Waals surface area contributed by atoms with Crippen LogP contribution in [0.2, 0.25) is 0 Å². The van der Waals surface area contributed by atoms with Gasteiger partial charge in [0.25, 0.3) is 0 Å². The van der Waals surface area contributed by atoms with Gasteiger partial charge in [-0.15, -0.1) is 11.6 Å². The number of nitrogens with zero attached hydrogens (tertiary/aromatic N) is 4. The smallest absolute Gasteiger partial charge is 0.0843 e. The van der Waals surface area contributed by atoms with E-state index in [0.29, 0.717) is 12.4 Å². The van der Waals surface area contributed by atoms with Gasteiger partial charge >= 0.3 is 0 Å². The Kier molecular flexibility index (Phi) is 4.36. The first-order chi connectivity index (χ1) is 8.99. The minimum Gasteiger partial charge on any atom is -0.267 e. The minimum absolute atomic E-state index is 0.505. The molecule has 2 aromatic rings. The maximum atomic E-state index is 5.97. The van der Waals surface area contributed by atoms with Crippen LogP contribution in [0.1, 0.15) is 35.3 Å². The summed E-state index contributed by atoms with van der Waals surface area (Å²) in [5.41, 5.74) is 5.41. The van der Waals surface area contributed by atoms with Crippen LogP contribution in [0.15, 0.2) is 4.47 Å². The molecular weight excluding hydrogens is 328 g/mol. The van der Waals surface area contributed by atoms with Gasteiger partial charge in [-0.3, -0.25) is 9.36 Å². The maximum Gasteiger partial charge on any atom is 0.0843 e. The first kappa shape index (κ1) is 14.6. The molecule has 0 spiro atoms. The average molecular weight is 346 g/mol. The van der Waals surface area contributed by atoms with Crippen LogP contribution in [0.5, 0.6) is 0 Å². The summed E-state index contributed by atoms with van der Waals surface area (Å²) in [6.07, 6.45) is 0. The van der Waals surface area contributed by atoms with Gasteiger partial charge in [-0.1, -0.05) is 0 Å². The van der Waals surface area contributed by atoms with E-state index in [1.54, 1.807) is 0 Å². The van der Waals surface area contributed by atoms with Gasteiger partial charge in [0.05, 0.1) is 34.0 Å². The highest BCUT2D eigenvalue weighted by Crippen LogP contribution is 2.23. The molecular formula is C13H18BrClN4. The van der Waals surface area contributed by atoms with Gasteiger partial charge in [-0.25, -0.2) is 0 Å². The summed E-state index contributed by atoms with van der Waals surface area (Å²) in [5, 5.41) is 9.08. The summed E-state index contributed by atoms with van der Waals surface area (Å²) in [5.74, 6) is 0.505. The average Bonchev–Trinajstić information content (AvgIpc) is 2.80. The van der Waals surface area contributed by atoms with Gasteiger partial charge in [0.2, 0.25) is 0 Å². The molecule has 0 aliphatic carbocycles. The van der Waals surface area contributed by atoms with Gasteiger partial charge < -0.3 is 0 Å². The van der Waals surface area contributed by atoms with Crippen molar-refractivity contribution in [2.24, 2.45) is 0 Å². The molecule has 0 aliphatic heterocycles. The van der Waals surface area contributed by atoms with Crippen LogP contribution >= 0.6 is 27.5 Å². The molecule has 0 bridgehead atoms. The number of aryl methyl sites for hydroxylation is 3. The molecule has 0 amide bonds. The second kappa shape index (κ2) is 5.67. The Balaban J connectivity index is 2.42. The van der Waals surface area contributed by atoms with Crippen molar-refractivity contribution in [1.29, 1.82) is 0 Å². The van der Waals surface area contributed by atoms with E-state index in [4.69, 9.17) is 11.6 Å². The summed E-state index contributed by atoms with van der Waals surface area (Å²) >= 11 is 9.58. The SMILES string of the molecule is CCn1nc(C)c(Br)c1Cn1nc(C)c(CCl)c1C. The van der Waals surface area contributed by atoms with Gasteiger partial charge in [-0.05, 0) is 43.6 Å². The van der Waals surface area contributed by atoms with E-state index in [0.717, 1.165) is 39.4 Å². The highest BCUT2D eigenvalue weighted by atomic mass is 79.9. The van der Waals surface area contributed by atoms with Gasteiger partial charge in [-0.2, -0.15) is 10.2 Å². The van der Waals surface area contributed by atoms with Crippen molar-refractivity contribution in [2.75, 3.05) is 0 Å². The predicted octanol–water partition coefficient (Wildman–Crippen LogP) is 3.57. The fourth-order valence-corrected chi connectivity index (χ4v) is 3.04. The molecule has 0 fully saturated rings. The van der Waals surface area contributed by atoms with E-state index < -0.39 is 0 Å². The monoisotopic (exact) mass is 344 g/mol. The standard InChI is InChI=1S/C13H18BrClN4/c1-5-18-12(13(14)9(3)17-18)7-19-10(4)11(6-15)8(2)16-19/h5-7H2,1-4H3. The lowest BCUT2D eigenvalue weighted by atomic mass is 10.2. The summed E-state index contributed by atoms with van der Waals surface area (Å²) in [6, 6.07) is 0. The van der Waals surface area contributed by atoms with Gasteiger partial charge in [0.15, 0.2) is 0 Å². The lowest BCUT2D eigenvalue weighted by Crippen LogP contribution is -2.10. The molecule has 19 heavy (non-hydrogen) atoms. The molecule has 0 aliphatic rings. The van der Waals surface area contributed by atoms with Gasteiger partial charge in [0.1, 0.15) is 0 Å². The topological polar surface area (TPSA) is 35.6 Å². The lowest BCUT2D eigenvalue weighted by molar-refractivity contribution is 0.565. The fraction of sp³-hybridized carbons (Fsp3) is 0.538. The zero-order chi connectivity index (χ0) is 14.2. The second-order valence-corrected chi connectivity index (χ2v) is 5.66. The zero-order valence-corrected chi connectivity index (χ0v) is 14.0. The van der Waals surface area contributed by atoms with Crippen LogP contribution in [0.3, 0.4) is 0 Å². The van der Waals surface area contributed by atoms with Crippen molar-refractivity contribution in [2.45, 2.75) is 46.7 Å². The Bertz CT molecular complexity index is 600. The molecule has 104 valence electrons. The molecule has 0 aromatic carbocycles. The van der Waals surface area contributed by atoms with E-state index in [9.17, 15) is 0 Å². The third-order valence-corrected chi connectivity index (χ3v) is 4.72. The van der Waals surface area contributed by atoms with Crippen LogP contribution in [0.4, 0.5) is 0 Å². The number of hydrogen-bond donors (Lipinski definition) is 0. The normalized spacial score (nSPS) is 11.3. The summed E-state index contributed by atoms with van der Waals surface area (Å²) in [4.78, 5) is 0. The van der Waals surface area contributed by atoms with E-state index in [2.05, 4.69) is 40.0 Å². The molecule has 0 saturated heterocycles. The quantitative estimate of drug-likeness (QED) is 0.794. The summed E-state index contributed by atoms with van der Waals surface area (Å²) in [6.45, 7) is 9.71. The first-order valence-corrected chi connectivity index (χ1v) is 7.62. The lowest BCUT2D eigenvalue weighted by Gasteiger charge is -2.08. The van der Waals surface area contributed by atoms with Gasteiger partial charge in [0, 0.05) is 17.8 Å². The number of alkyl halides is 1. The van der Waals surface area contributed by atoms with Crippen LogP contribution in [0.25, 0.3) is 0 Å². The number of rotatable bonds is 4. The van der Waals surface area contributed by atoms with Crippen LogP contribution < -0.4 is 0 Å². The fourth-order valence-electron chi connectivity index (χ4n) is 2.24. The first-order valence-electron chi connectivity index (χ1n) is 6.30. The number of halogens is 2. The van der Waals surface area contributed by atoms with E-state index in [1.165, 1.54) is 0 Å². The molecule has 2 aromatic heterocycles. The second-order valence-electron chi connectivity index (χ2n) is 4.60. The number of aromatic nitrogens is 4. The van der Waals surface area contributed by atoms with Crippen molar-refractivity contribution >= 4 is 27.5 Å². The zero-order valence-electron chi connectivity index (χ0n) is 11.7. The Morgan fingerprint density at radius 2 is 1.74 bits per heavy atom. The van der Waals surface area contributed by atoms with Crippen molar-refractivity contribution < 1.29 is 0 Å². The molecule has 0 atom stereocenters. The highest BCUT2D eigenvalue weighted by Gasteiger charge is 2.16. The predicted molar refractivity (Wildman–Crippen MR) is 80.7 cm³/mol. The Morgan fingerprint density at radius 3 is 2.26 bits per heavy atom. The van der Waals surface area contributed by atoms with Crippen molar-refractivity contribution in [3.63, 3.8) is 0 Å². The molecule has 2 rings (SSSR count). The molecule has 6 heteroatoms. The summed E-state index contributed by atoms with van der Waals surface area (Å²) < 4.78 is 5.07. The highest BCUT2D eigenvalue weighted by molar-refractivity contribution is 9.10. The Morgan fingerprint density at radius 1 is 1.11 bits per heavy atom. The van der Waals surface area contributed by atoms with Crippen molar-refractivity contribution in [3.8, 4) is 0 Å². The summed E-state index contributed by atoms with van der Waals surface area (Å²) in [7, 11) is 0. The molecule has 0 unspecified atom stereocenters. The molecule has 2 heterocycles. The van der Waals surface area contributed by atoms with Crippen LogP contribution in [-0.2, 0) is 19.0 Å². The maximum absolute atomic E-state index is 5.97. The van der Waals surface area contributed by atoms with E-state index in [-0.39, 0.29) is 0 Å². The van der Waals surface area contributed by atoms with Crippen molar-refractivity contribution in [1.82, 2.24) is 19.6 Å². The minimum atomic E-state index is 0.505. The van der Waals surface area contributed by atoms with E-state index in [1.807, 2.05) is 23.2 Å². The molecule has 0 radical (unpaired) electrons.